The highest BCUT2D eigenvalue weighted by Crippen LogP contribution is 2.27. The van der Waals surface area contributed by atoms with Gasteiger partial charge in [-0.15, -0.1) is 0 Å². The van der Waals surface area contributed by atoms with E-state index in [-0.39, 0.29) is 12.1 Å². The lowest BCUT2D eigenvalue weighted by Crippen LogP contribution is -2.19. The Morgan fingerprint density at radius 1 is 0.931 bits per heavy atom. The molecule has 6 nitrogen and oxygen atoms in total. The van der Waals surface area contributed by atoms with E-state index in [1.165, 1.54) is 0 Å². The third-order valence-corrected chi connectivity index (χ3v) is 4.70. The number of anilines is 2. The number of hydrogen-bond donors (Lipinski definition) is 2. The summed E-state index contributed by atoms with van der Waals surface area (Å²) in [5.41, 5.74) is 4.05. The number of aldehydes is 1. The molecule has 1 atom stereocenters. The van der Waals surface area contributed by atoms with Crippen molar-refractivity contribution in [3.8, 4) is 0 Å². The summed E-state index contributed by atoms with van der Waals surface area (Å²) in [5, 5.41) is 5.61. The number of nitrogens with one attached hydrogen (secondary N) is 2. The SMILES string of the molecule is O=CC[C@H](c1ccccc1)n1cnc2cc(NC(=O)Nc3ccccc3)ccc21. The molecule has 6 heteroatoms. The number of para-hydroxylation sites is 1. The second-order valence-corrected chi connectivity index (χ2v) is 6.63. The molecule has 0 aliphatic rings. The van der Waals surface area contributed by atoms with Crippen molar-refractivity contribution >= 4 is 34.7 Å². The molecule has 1 heterocycles. The van der Waals surface area contributed by atoms with Gasteiger partial charge >= 0.3 is 6.03 Å². The zero-order valence-electron chi connectivity index (χ0n) is 15.7. The number of rotatable bonds is 6. The average molecular weight is 384 g/mol. The molecular weight excluding hydrogens is 364 g/mol. The van der Waals surface area contributed by atoms with Crippen LogP contribution in [0.5, 0.6) is 0 Å². The lowest BCUT2D eigenvalue weighted by Gasteiger charge is -2.17. The van der Waals surface area contributed by atoms with E-state index < -0.39 is 0 Å². The van der Waals surface area contributed by atoms with Gasteiger partial charge in [-0.05, 0) is 35.9 Å². The largest absolute Gasteiger partial charge is 0.323 e. The maximum absolute atomic E-state index is 12.2. The summed E-state index contributed by atoms with van der Waals surface area (Å²) in [5.74, 6) is 0. The molecule has 0 saturated carbocycles. The quantitative estimate of drug-likeness (QED) is 0.466. The standard InChI is InChI=1S/C23H20N4O2/c28-14-13-21(17-7-3-1-4-8-17)27-16-24-20-15-19(11-12-22(20)27)26-23(29)25-18-9-5-2-6-10-18/h1-12,14-16,21H,13H2,(H2,25,26,29)/t21-/m1/s1. The number of carbonyl (C=O) groups excluding carboxylic acids is 2. The molecule has 0 spiro atoms. The summed E-state index contributed by atoms with van der Waals surface area (Å²) in [7, 11) is 0. The van der Waals surface area contributed by atoms with Crippen molar-refractivity contribution in [3.63, 3.8) is 0 Å². The van der Waals surface area contributed by atoms with Gasteiger partial charge in [0.25, 0.3) is 0 Å². The van der Waals surface area contributed by atoms with Crippen LogP contribution in [0.15, 0.2) is 85.2 Å². The van der Waals surface area contributed by atoms with Gasteiger partial charge < -0.3 is 20.0 Å². The van der Waals surface area contributed by atoms with E-state index in [2.05, 4.69) is 15.6 Å². The number of aromatic nitrogens is 2. The molecule has 2 amide bonds. The zero-order chi connectivity index (χ0) is 20.1. The Morgan fingerprint density at radius 3 is 2.34 bits per heavy atom. The summed E-state index contributed by atoms with van der Waals surface area (Å²) < 4.78 is 1.99. The third kappa shape index (κ3) is 4.16. The van der Waals surface area contributed by atoms with E-state index in [0.29, 0.717) is 12.1 Å². The Labute approximate surface area is 168 Å². The van der Waals surface area contributed by atoms with Crippen molar-refractivity contribution < 1.29 is 9.59 Å². The normalized spacial score (nSPS) is 11.7. The summed E-state index contributed by atoms with van der Waals surface area (Å²) >= 11 is 0. The predicted octanol–water partition coefficient (Wildman–Crippen LogP) is 4.86. The maximum atomic E-state index is 12.2. The van der Waals surface area contributed by atoms with Crippen LogP contribution >= 0.6 is 0 Å². The fraction of sp³-hybridized carbons (Fsp3) is 0.0870. The van der Waals surface area contributed by atoms with Gasteiger partial charge in [0.15, 0.2) is 0 Å². The number of amides is 2. The first-order valence-electron chi connectivity index (χ1n) is 9.33. The number of benzene rings is 3. The van der Waals surface area contributed by atoms with Crippen molar-refractivity contribution in [3.05, 3.63) is 90.8 Å². The van der Waals surface area contributed by atoms with Gasteiger partial charge in [0, 0.05) is 17.8 Å². The van der Waals surface area contributed by atoms with Crippen molar-refractivity contribution in [2.75, 3.05) is 10.6 Å². The van der Waals surface area contributed by atoms with Crippen molar-refractivity contribution in [2.45, 2.75) is 12.5 Å². The zero-order valence-corrected chi connectivity index (χ0v) is 15.7. The first-order valence-corrected chi connectivity index (χ1v) is 9.33. The van der Waals surface area contributed by atoms with Crippen LogP contribution in [-0.4, -0.2) is 21.9 Å². The highest BCUT2D eigenvalue weighted by atomic mass is 16.2. The molecule has 0 unspecified atom stereocenters. The van der Waals surface area contributed by atoms with Crippen LogP contribution in [0.2, 0.25) is 0 Å². The van der Waals surface area contributed by atoms with E-state index in [1.54, 1.807) is 6.33 Å². The van der Waals surface area contributed by atoms with E-state index in [4.69, 9.17) is 0 Å². The Balaban J connectivity index is 1.57. The smallest absolute Gasteiger partial charge is 0.323 e. The van der Waals surface area contributed by atoms with E-state index in [9.17, 15) is 9.59 Å². The molecule has 3 aromatic carbocycles. The molecule has 0 aliphatic heterocycles. The molecule has 0 fully saturated rings. The number of carbonyl (C=O) groups is 2. The average Bonchev–Trinajstić information content (AvgIpc) is 3.16. The van der Waals surface area contributed by atoms with Gasteiger partial charge in [0.1, 0.15) is 6.29 Å². The lowest BCUT2D eigenvalue weighted by molar-refractivity contribution is -0.108. The molecular formula is C23H20N4O2. The van der Waals surface area contributed by atoms with Crippen LogP contribution in [0, 0.1) is 0 Å². The summed E-state index contributed by atoms with van der Waals surface area (Å²) in [4.78, 5) is 27.9. The van der Waals surface area contributed by atoms with Crippen LogP contribution in [-0.2, 0) is 4.79 Å². The second-order valence-electron chi connectivity index (χ2n) is 6.63. The first-order chi connectivity index (χ1) is 14.2. The van der Waals surface area contributed by atoms with Gasteiger partial charge in [-0.1, -0.05) is 48.5 Å². The van der Waals surface area contributed by atoms with Crippen LogP contribution in [0.1, 0.15) is 18.0 Å². The highest BCUT2D eigenvalue weighted by molar-refractivity contribution is 6.00. The van der Waals surface area contributed by atoms with E-state index in [1.807, 2.05) is 83.4 Å². The molecule has 0 radical (unpaired) electrons. The molecule has 1 aromatic heterocycles. The predicted molar refractivity (Wildman–Crippen MR) is 114 cm³/mol. The van der Waals surface area contributed by atoms with Gasteiger partial charge in [0.2, 0.25) is 0 Å². The molecule has 144 valence electrons. The van der Waals surface area contributed by atoms with E-state index in [0.717, 1.165) is 28.6 Å². The van der Waals surface area contributed by atoms with E-state index >= 15 is 0 Å². The van der Waals surface area contributed by atoms with Gasteiger partial charge in [-0.25, -0.2) is 9.78 Å². The third-order valence-electron chi connectivity index (χ3n) is 4.70. The monoisotopic (exact) mass is 384 g/mol. The molecule has 0 saturated heterocycles. The molecule has 4 aromatic rings. The summed E-state index contributed by atoms with van der Waals surface area (Å²) in [6.07, 6.45) is 3.02. The lowest BCUT2D eigenvalue weighted by atomic mass is 10.0. The molecule has 29 heavy (non-hydrogen) atoms. The van der Waals surface area contributed by atoms with Crippen LogP contribution in [0.4, 0.5) is 16.2 Å². The molecule has 2 N–H and O–H groups in total. The van der Waals surface area contributed by atoms with Gasteiger partial charge in [-0.2, -0.15) is 0 Å². The van der Waals surface area contributed by atoms with Crippen molar-refractivity contribution in [1.29, 1.82) is 0 Å². The topological polar surface area (TPSA) is 76.0 Å². The minimum atomic E-state index is -0.321. The van der Waals surface area contributed by atoms with Crippen molar-refractivity contribution in [1.82, 2.24) is 9.55 Å². The summed E-state index contributed by atoms with van der Waals surface area (Å²) in [6, 6.07) is 24.2. The van der Waals surface area contributed by atoms with Crippen LogP contribution < -0.4 is 10.6 Å². The fourth-order valence-corrected chi connectivity index (χ4v) is 3.35. The highest BCUT2D eigenvalue weighted by Gasteiger charge is 2.16. The van der Waals surface area contributed by atoms with Gasteiger partial charge in [-0.3, -0.25) is 0 Å². The maximum Gasteiger partial charge on any atom is 0.323 e. The summed E-state index contributed by atoms with van der Waals surface area (Å²) in [6.45, 7) is 0. The Hall–Kier alpha value is -3.93. The molecule has 0 bridgehead atoms. The number of imidazole rings is 1. The first kappa shape index (κ1) is 18.4. The van der Waals surface area contributed by atoms with Crippen molar-refractivity contribution in [2.24, 2.45) is 0 Å². The minimum absolute atomic E-state index is 0.126. The number of nitrogens with zero attached hydrogens (tertiary/aromatic N) is 2. The minimum Gasteiger partial charge on any atom is -0.323 e. The molecule has 0 aliphatic carbocycles. The van der Waals surface area contributed by atoms with Crippen LogP contribution in [0.3, 0.4) is 0 Å². The Bertz CT molecular complexity index is 1120. The number of hydrogen-bond acceptors (Lipinski definition) is 3. The Kier molecular flexibility index (Phi) is 5.33. The van der Waals surface area contributed by atoms with Gasteiger partial charge in [0.05, 0.1) is 23.4 Å². The Morgan fingerprint density at radius 2 is 1.62 bits per heavy atom. The second kappa shape index (κ2) is 8.39. The number of urea groups is 1. The molecule has 4 rings (SSSR count). The fourth-order valence-electron chi connectivity index (χ4n) is 3.35. The van der Waals surface area contributed by atoms with Crippen LogP contribution in [0.25, 0.3) is 11.0 Å². The number of fused-ring (bicyclic) bond motifs is 1.